The van der Waals surface area contributed by atoms with E-state index in [1.165, 1.54) is 12.1 Å². The standard InChI is InChI=1S/C27H33FN4O4/c1-4-35-26(33)24-23(17-31-13-15-32(16-14-31)21-9-7-20(28)8-10-21)29-27(34)30-25(24)19-5-11-22(12-6-19)36-18(2)3/h5-12,18,25H,4,13-17H2,1-3H3,(H2,29,30,34)/t25-/m1/s1. The van der Waals surface area contributed by atoms with Gasteiger partial charge in [-0.05, 0) is 62.7 Å². The normalized spacial score (nSPS) is 18.6. The summed E-state index contributed by atoms with van der Waals surface area (Å²) in [4.78, 5) is 30.1. The smallest absolute Gasteiger partial charge is 0.338 e. The number of piperazine rings is 1. The van der Waals surface area contributed by atoms with Gasteiger partial charge in [0.25, 0.3) is 0 Å². The third kappa shape index (κ3) is 6.15. The van der Waals surface area contributed by atoms with Crippen LogP contribution in [0.25, 0.3) is 0 Å². The number of carbonyl (C=O) groups is 2. The Morgan fingerprint density at radius 3 is 2.33 bits per heavy atom. The summed E-state index contributed by atoms with van der Waals surface area (Å²) in [5.74, 6) is 0.00138. The monoisotopic (exact) mass is 496 g/mol. The van der Waals surface area contributed by atoms with Crippen molar-refractivity contribution in [3.8, 4) is 5.75 Å². The summed E-state index contributed by atoms with van der Waals surface area (Å²) < 4.78 is 24.4. The SMILES string of the molecule is CCOC(=O)C1=C(CN2CCN(c3ccc(F)cc3)CC2)NC(=O)N[C@@H]1c1ccc(OC(C)C)cc1. The van der Waals surface area contributed by atoms with Crippen LogP contribution in [-0.2, 0) is 9.53 Å². The number of ether oxygens (including phenoxy) is 2. The number of esters is 1. The number of benzene rings is 2. The largest absolute Gasteiger partial charge is 0.491 e. The maximum absolute atomic E-state index is 13.3. The van der Waals surface area contributed by atoms with Crippen molar-refractivity contribution in [2.24, 2.45) is 0 Å². The first-order valence-corrected chi connectivity index (χ1v) is 12.3. The molecule has 2 aliphatic rings. The molecular weight excluding hydrogens is 463 g/mol. The Morgan fingerprint density at radius 1 is 1.06 bits per heavy atom. The van der Waals surface area contributed by atoms with E-state index in [1.807, 2.05) is 38.1 Å². The van der Waals surface area contributed by atoms with Gasteiger partial charge in [-0.3, -0.25) is 4.90 Å². The van der Waals surface area contributed by atoms with Gasteiger partial charge < -0.3 is 25.0 Å². The van der Waals surface area contributed by atoms with Gasteiger partial charge in [0.1, 0.15) is 11.6 Å². The fourth-order valence-electron chi connectivity index (χ4n) is 4.49. The highest BCUT2D eigenvalue weighted by Crippen LogP contribution is 2.30. The van der Waals surface area contributed by atoms with E-state index >= 15 is 0 Å². The lowest BCUT2D eigenvalue weighted by Crippen LogP contribution is -2.51. The predicted molar refractivity (Wildman–Crippen MR) is 135 cm³/mol. The second-order valence-corrected chi connectivity index (χ2v) is 9.12. The molecule has 2 N–H and O–H groups in total. The molecule has 2 amide bonds. The van der Waals surface area contributed by atoms with Crippen LogP contribution in [0.4, 0.5) is 14.9 Å². The minimum atomic E-state index is -0.638. The van der Waals surface area contributed by atoms with Crippen molar-refractivity contribution < 1.29 is 23.5 Å². The molecule has 36 heavy (non-hydrogen) atoms. The van der Waals surface area contributed by atoms with Crippen LogP contribution in [0.15, 0.2) is 59.8 Å². The average molecular weight is 497 g/mol. The van der Waals surface area contributed by atoms with E-state index in [1.54, 1.807) is 19.1 Å². The number of nitrogens with zero attached hydrogens (tertiary/aromatic N) is 2. The van der Waals surface area contributed by atoms with Crippen molar-refractivity contribution in [3.63, 3.8) is 0 Å². The third-order valence-electron chi connectivity index (χ3n) is 6.18. The minimum absolute atomic E-state index is 0.0412. The molecule has 0 aliphatic carbocycles. The Morgan fingerprint density at radius 2 is 1.72 bits per heavy atom. The molecule has 2 aromatic carbocycles. The zero-order chi connectivity index (χ0) is 25.7. The summed E-state index contributed by atoms with van der Waals surface area (Å²) in [6.45, 7) is 9.26. The average Bonchev–Trinajstić information content (AvgIpc) is 2.85. The van der Waals surface area contributed by atoms with E-state index in [-0.39, 0.29) is 24.6 Å². The van der Waals surface area contributed by atoms with Crippen LogP contribution in [0.1, 0.15) is 32.4 Å². The maximum atomic E-state index is 13.3. The summed E-state index contributed by atoms with van der Waals surface area (Å²) in [5.41, 5.74) is 2.68. The summed E-state index contributed by atoms with van der Waals surface area (Å²) in [5, 5.41) is 5.72. The number of rotatable bonds is 8. The molecule has 1 saturated heterocycles. The van der Waals surface area contributed by atoms with Crippen LogP contribution in [0.2, 0.25) is 0 Å². The number of nitrogens with one attached hydrogen (secondary N) is 2. The van der Waals surface area contributed by atoms with Crippen molar-refractivity contribution in [1.29, 1.82) is 0 Å². The summed E-state index contributed by atoms with van der Waals surface area (Å²) in [6, 6.07) is 12.9. The fraction of sp³-hybridized carbons (Fsp3) is 0.407. The Balaban J connectivity index is 1.54. The van der Waals surface area contributed by atoms with Crippen molar-refractivity contribution in [2.75, 3.05) is 44.2 Å². The van der Waals surface area contributed by atoms with Gasteiger partial charge in [-0.1, -0.05) is 12.1 Å². The van der Waals surface area contributed by atoms with Gasteiger partial charge in [0, 0.05) is 44.1 Å². The lowest BCUT2D eigenvalue weighted by molar-refractivity contribution is -0.139. The molecule has 1 fully saturated rings. The number of anilines is 1. The van der Waals surface area contributed by atoms with E-state index in [4.69, 9.17) is 9.47 Å². The first-order valence-electron chi connectivity index (χ1n) is 12.3. The van der Waals surface area contributed by atoms with Crippen LogP contribution < -0.4 is 20.3 Å². The first-order chi connectivity index (χ1) is 17.3. The van der Waals surface area contributed by atoms with Crippen LogP contribution in [0.3, 0.4) is 0 Å². The number of hydrogen-bond acceptors (Lipinski definition) is 6. The molecule has 0 saturated carbocycles. The van der Waals surface area contributed by atoms with Gasteiger partial charge >= 0.3 is 12.0 Å². The maximum Gasteiger partial charge on any atom is 0.338 e. The number of amides is 2. The Labute approximate surface area is 211 Å². The highest BCUT2D eigenvalue weighted by molar-refractivity contribution is 5.95. The van der Waals surface area contributed by atoms with Crippen LogP contribution in [0.5, 0.6) is 5.75 Å². The van der Waals surface area contributed by atoms with Gasteiger partial charge in [-0.15, -0.1) is 0 Å². The number of carbonyl (C=O) groups excluding carboxylic acids is 2. The van der Waals surface area contributed by atoms with E-state index < -0.39 is 12.0 Å². The number of urea groups is 1. The molecule has 0 spiro atoms. The Kier molecular flexibility index (Phi) is 8.10. The molecule has 0 aromatic heterocycles. The predicted octanol–water partition coefficient (Wildman–Crippen LogP) is 3.61. The van der Waals surface area contributed by atoms with E-state index in [0.717, 1.165) is 43.2 Å². The lowest BCUT2D eigenvalue weighted by Gasteiger charge is -2.38. The minimum Gasteiger partial charge on any atom is -0.491 e. The van der Waals surface area contributed by atoms with E-state index in [2.05, 4.69) is 20.4 Å². The quantitative estimate of drug-likeness (QED) is 0.544. The summed E-state index contributed by atoms with van der Waals surface area (Å²) in [6.07, 6.45) is 0.0412. The molecule has 0 bridgehead atoms. The summed E-state index contributed by atoms with van der Waals surface area (Å²) >= 11 is 0. The second kappa shape index (κ2) is 11.4. The molecule has 0 radical (unpaired) electrons. The second-order valence-electron chi connectivity index (χ2n) is 9.12. The first kappa shape index (κ1) is 25.5. The van der Waals surface area contributed by atoms with Gasteiger partial charge in [0.15, 0.2) is 0 Å². The van der Waals surface area contributed by atoms with Gasteiger partial charge in [0.05, 0.1) is 24.3 Å². The van der Waals surface area contributed by atoms with Crippen LogP contribution in [-0.4, -0.2) is 62.3 Å². The van der Waals surface area contributed by atoms with E-state index in [9.17, 15) is 14.0 Å². The molecule has 2 heterocycles. The topological polar surface area (TPSA) is 83.1 Å². The van der Waals surface area contributed by atoms with Gasteiger partial charge in [0.2, 0.25) is 0 Å². The molecule has 2 aliphatic heterocycles. The van der Waals surface area contributed by atoms with Crippen molar-refractivity contribution >= 4 is 17.7 Å². The van der Waals surface area contributed by atoms with Crippen molar-refractivity contribution in [3.05, 3.63) is 71.2 Å². The molecular formula is C27H33FN4O4. The van der Waals surface area contributed by atoms with E-state index in [0.29, 0.717) is 17.8 Å². The van der Waals surface area contributed by atoms with Gasteiger partial charge in [-0.25, -0.2) is 14.0 Å². The zero-order valence-corrected chi connectivity index (χ0v) is 20.9. The highest BCUT2D eigenvalue weighted by Gasteiger charge is 2.34. The van der Waals surface area contributed by atoms with Gasteiger partial charge in [-0.2, -0.15) is 0 Å². The lowest BCUT2D eigenvalue weighted by atomic mass is 9.94. The molecule has 4 rings (SSSR count). The molecule has 9 heteroatoms. The molecule has 2 aromatic rings. The molecule has 192 valence electrons. The molecule has 8 nitrogen and oxygen atoms in total. The highest BCUT2D eigenvalue weighted by atomic mass is 19.1. The molecule has 1 atom stereocenters. The third-order valence-corrected chi connectivity index (χ3v) is 6.18. The van der Waals surface area contributed by atoms with Crippen LogP contribution >= 0.6 is 0 Å². The van der Waals surface area contributed by atoms with Crippen molar-refractivity contribution in [1.82, 2.24) is 15.5 Å². The zero-order valence-electron chi connectivity index (χ0n) is 20.9. The summed E-state index contributed by atoms with van der Waals surface area (Å²) in [7, 11) is 0. The van der Waals surface area contributed by atoms with Crippen molar-refractivity contribution in [2.45, 2.75) is 32.9 Å². The Hall–Kier alpha value is -3.59. The number of halogens is 1. The van der Waals surface area contributed by atoms with Crippen LogP contribution in [0, 0.1) is 5.82 Å². The molecule has 0 unspecified atom stereocenters. The number of hydrogen-bond donors (Lipinski definition) is 2. The fourth-order valence-corrected chi connectivity index (χ4v) is 4.49. The Bertz CT molecular complexity index is 1090.